The van der Waals surface area contributed by atoms with Crippen LogP contribution in [-0.4, -0.2) is 33.8 Å². The molecule has 5 rings (SSSR count). The minimum absolute atomic E-state index is 0.0477. The first kappa shape index (κ1) is 25.4. The molecule has 1 saturated heterocycles. The third-order valence-electron chi connectivity index (χ3n) is 7.02. The van der Waals surface area contributed by atoms with Gasteiger partial charge in [-0.2, -0.15) is 26.3 Å². The number of nitrogens with one attached hydrogen (secondary N) is 1. The summed E-state index contributed by atoms with van der Waals surface area (Å²) in [5, 5.41) is 2.56. The molecule has 37 heavy (non-hydrogen) atoms. The van der Waals surface area contributed by atoms with Crippen LogP contribution < -0.4 is 5.32 Å². The molecule has 3 fully saturated rings. The molecule has 1 aliphatic heterocycles. The Morgan fingerprint density at radius 2 is 1.68 bits per heavy atom. The molecule has 13 heteroatoms. The van der Waals surface area contributed by atoms with E-state index in [2.05, 4.69) is 10.3 Å². The molecule has 4 atom stereocenters. The molecular weight excluding hydrogens is 514 g/mol. The average Bonchev–Trinajstić information content (AvgIpc) is 3.75. The highest BCUT2D eigenvalue weighted by Crippen LogP contribution is 2.49. The second-order valence-corrected chi connectivity index (χ2v) is 9.61. The third-order valence-corrected chi connectivity index (χ3v) is 7.02. The average molecular weight is 533 g/mol. The number of carbonyl (C=O) groups is 2. The molecule has 0 spiro atoms. The van der Waals surface area contributed by atoms with Gasteiger partial charge in [-0.3, -0.25) is 9.59 Å². The Morgan fingerprint density at radius 3 is 2.30 bits per heavy atom. The number of hydrogen-bond donors (Lipinski definition) is 1. The Hall–Kier alpha value is -3.25. The van der Waals surface area contributed by atoms with Crippen molar-refractivity contribution in [1.29, 1.82) is 0 Å². The highest BCUT2D eigenvalue weighted by Gasteiger charge is 2.57. The van der Waals surface area contributed by atoms with E-state index in [1.807, 2.05) is 0 Å². The number of nitrogens with zero attached hydrogens (tertiary/aromatic N) is 2. The van der Waals surface area contributed by atoms with Gasteiger partial charge in [-0.25, -0.2) is 13.8 Å². The summed E-state index contributed by atoms with van der Waals surface area (Å²) in [5.41, 5.74) is -3.97. The van der Waals surface area contributed by atoms with E-state index in [-0.39, 0.29) is 30.4 Å². The van der Waals surface area contributed by atoms with Crippen LogP contribution in [-0.2, 0) is 17.1 Å². The predicted molar refractivity (Wildman–Crippen MR) is 111 cm³/mol. The van der Waals surface area contributed by atoms with Crippen LogP contribution in [0.25, 0.3) is 0 Å². The van der Waals surface area contributed by atoms with Crippen molar-refractivity contribution in [2.24, 2.45) is 11.8 Å². The first-order valence-corrected chi connectivity index (χ1v) is 11.5. The van der Waals surface area contributed by atoms with Crippen molar-refractivity contribution in [2.45, 2.75) is 56.2 Å². The fourth-order valence-electron chi connectivity index (χ4n) is 4.97. The van der Waals surface area contributed by atoms with Crippen LogP contribution in [0.2, 0.25) is 0 Å². The second-order valence-electron chi connectivity index (χ2n) is 9.61. The normalized spacial score (nSPS) is 24.0. The Morgan fingerprint density at radius 1 is 0.973 bits per heavy atom. The van der Waals surface area contributed by atoms with E-state index in [0.29, 0.717) is 31.4 Å². The lowest BCUT2D eigenvalue weighted by Gasteiger charge is -2.29. The number of rotatable bonds is 5. The summed E-state index contributed by atoms with van der Waals surface area (Å²) in [4.78, 5) is 30.9. The molecule has 198 valence electrons. The molecule has 1 N–H and O–H groups in total. The van der Waals surface area contributed by atoms with Gasteiger partial charge in [0.15, 0.2) is 0 Å². The lowest BCUT2D eigenvalue weighted by molar-refractivity contribution is -0.141. The SMILES string of the molecule is O=C(N[C@@H](c1cc(F)c(C(F)(F)F)cc1F)C1CC1)[C@H]1C[C@H]2C[C@H]2N1C(=O)c1cccc(C(F)(F)F)n1. The van der Waals surface area contributed by atoms with Crippen LogP contribution in [0.5, 0.6) is 0 Å². The summed E-state index contributed by atoms with van der Waals surface area (Å²) >= 11 is 0. The van der Waals surface area contributed by atoms with Gasteiger partial charge in [0.25, 0.3) is 5.91 Å². The molecule has 0 radical (unpaired) electrons. The largest absolute Gasteiger partial charge is 0.433 e. The number of aromatic nitrogens is 1. The molecule has 1 aromatic heterocycles. The van der Waals surface area contributed by atoms with Crippen molar-refractivity contribution < 1.29 is 44.7 Å². The van der Waals surface area contributed by atoms with Gasteiger partial charge in [-0.15, -0.1) is 0 Å². The lowest BCUT2D eigenvalue weighted by atomic mass is 9.98. The van der Waals surface area contributed by atoms with Gasteiger partial charge in [0, 0.05) is 11.6 Å². The minimum atomic E-state index is -5.11. The van der Waals surface area contributed by atoms with E-state index in [1.165, 1.54) is 0 Å². The Balaban J connectivity index is 1.39. The smallest absolute Gasteiger partial charge is 0.347 e. The van der Waals surface area contributed by atoms with Crippen LogP contribution in [0.3, 0.4) is 0 Å². The van der Waals surface area contributed by atoms with E-state index in [1.54, 1.807) is 0 Å². The lowest BCUT2D eigenvalue weighted by Crippen LogP contribution is -2.49. The number of carbonyl (C=O) groups excluding carboxylic acids is 2. The number of fused-ring (bicyclic) bond motifs is 1. The zero-order chi connectivity index (χ0) is 26.9. The third kappa shape index (κ3) is 4.87. The van der Waals surface area contributed by atoms with Crippen LogP contribution in [0.4, 0.5) is 35.1 Å². The summed E-state index contributed by atoms with van der Waals surface area (Å²) < 4.78 is 107. The maximum absolute atomic E-state index is 14.7. The highest BCUT2D eigenvalue weighted by molar-refractivity contribution is 5.97. The zero-order valence-electron chi connectivity index (χ0n) is 18.8. The molecule has 1 aromatic carbocycles. The Kier molecular flexibility index (Phi) is 5.94. The number of amides is 2. The second kappa shape index (κ2) is 8.66. The summed E-state index contributed by atoms with van der Waals surface area (Å²) in [6.07, 6.45) is -8.09. The standard InChI is InChI=1S/C24H19F8N3O2/c25-14-9-13(23(27,28)29)15(26)8-12(14)20(10-4-5-10)34-21(36)18-7-11-6-17(11)35(18)22(37)16-2-1-3-19(33-16)24(30,31)32/h1-3,8-11,17-18,20H,4-7H2,(H,34,36)/t11-,17-,18-,20-/m1/s1. The van der Waals surface area contributed by atoms with Crippen LogP contribution >= 0.6 is 0 Å². The minimum Gasteiger partial charge on any atom is -0.347 e. The summed E-state index contributed by atoms with van der Waals surface area (Å²) in [5.74, 6) is -5.03. The molecule has 2 saturated carbocycles. The fourth-order valence-corrected chi connectivity index (χ4v) is 4.97. The van der Waals surface area contributed by atoms with Crippen molar-refractivity contribution in [3.63, 3.8) is 0 Å². The quantitative estimate of drug-likeness (QED) is 0.533. The number of alkyl halides is 6. The fraction of sp³-hybridized carbons (Fsp3) is 0.458. The summed E-state index contributed by atoms with van der Waals surface area (Å²) in [6.45, 7) is 0. The highest BCUT2D eigenvalue weighted by atomic mass is 19.4. The summed E-state index contributed by atoms with van der Waals surface area (Å²) in [7, 11) is 0. The maximum atomic E-state index is 14.7. The topological polar surface area (TPSA) is 62.3 Å². The number of hydrogen-bond acceptors (Lipinski definition) is 3. The van der Waals surface area contributed by atoms with Crippen molar-refractivity contribution in [3.05, 3.63) is 64.5 Å². The maximum Gasteiger partial charge on any atom is 0.433 e. The molecule has 2 aliphatic carbocycles. The van der Waals surface area contributed by atoms with E-state index in [4.69, 9.17) is 0 Å². The molecular formula is C24H19F8N3O2. The van der Waals surface area contributed by atoms with Crippen LogP contribution in [0.15, 0.2) is 30.3 Å². The van der Waals surface area contributed by atoms with E-state index in [9.17, 15) is 44.7 Å². The van der Waals surface area contributed by atoms with Crippen LogP contribution in [0.1, 0.15) is 59.0 Å². The van der Waals surface area contributed by atoms with E-state index in [0.717, 1.165) is 17.0 Å². The van der Waals surface area contributed by atoms with Gasteiger partial charge < -0.3 is 10.2 Å². The number of pyridine rings is 1. The van der Waals surface area contributed by atoms with Gasteiger partial charge in [-0.05, 0) is 61.8 Å². The van der Waals surface area contributed by atoms with Gasteiger partial charge in [-0.1, -0.05) is 6.07 Å². The van der Waals surface area contributed by atoms with Crippen LogP contribution in [0, 0.1) is 23.5 Å². The number of piperidine rings is 1. The number of benzene rings is 1. The van der Waals surface area contributed by atoms with Crippen molar-refractivity contribution in [1.82, 2.24) is 15.2 Å². The monoisotopic (exact) mass is 533 g/mol. The zero-order valence-corrected chi connectivity index (χ0v) is 18.8. The van der Waals surface area contributed by atoms with Gasteiger partial charge in [0.05, 0.1) is 11.6 Å². The molecule has 3 aliphatic rings. The molecule has 2 aromatic rings. The molecule has 0 unspecified atom stereocenters. The number of halogens is 8. The first-order chi connectivity index (χ1) is 17.3. The van der Waals surface area contributed by atoms with Crippen molar-refractivity contribution in [2.75, 3.05) is 0 Å². The van der Waals surface area contributed by atoms with Gasteiger partial charge in [0.2, 0.25) is 5.91 Å². The van der Waals surface area contributed by atoms with Gasteiger partial charge in [0.1, 0.15) is 29.1 Å². The summed E-state index contributed by atoms with van der Waals surface area (Å²) in [6, 6.07) is 0.706. The van der Waals surface area contributed by atoms with Gasteiger partial charge >= 0.3 is 12.4 Å². The first-order valence-electron chi connectivity index (χ1n) is 11.5. The molecule has 2 heterocycles. The molecule has 2 amide bonds. The van der Waals surface area contributed by atoms with Crippen molar-refractivity contribution in [3.8, 4) is 0 Å². The Bertz CT molecular complexity index is 1260. The predicted octanol–water partition coefficient (Wildman–Crippen LogP) is 5.27. The van der Waals surface area contributed by atoms with E-state index < -0.39 is 70.4 Å². The Labute approximate surface area is 204 Å². The van der Waals surface area contributed by atoms with Crippen molar-refractivity contribution >= 4 is 11.8 Å². The molecule has 0 bridgehead atoms. The molecule has 5 nitrogen and oxygen atoms in total. The number of likely N-dealkylation sites (tertiary alicyclic amines) is 1. The van der Waals surface area contributed by atoms with E-state index >= 15 is 0 Å².